The third kappa shape index (κ3) is 3.55. The van der Waals surface area contributed by atoms with Gasteiger partial charge >= 0.3 is 0 Å². The standard InChI is InChI=1S/C15H17NO2S2/c1-3-12-4-6-13(7-5-12)16-20(17,18)15-10-8-14(19-2)9-11-15/h4-11,16H,3H2,1-2H3. The van der Waals surface area contributed by atoms with Gasteiger partial charge in [0.15, 0.2) is 0 Å². The van der Waals surface area contributed by atoms with Gasteiger partial charge in [-0.2, -0.15) is 0 Å². The molecule has 3 nitrogen and oxygen atoms in total. The van der Waals surface area contributed by atoms with Crippen LogP contribution in [0.4, 0.5) is 5.69 Å². The number of nitrogens with one attached hydrogen (secondary N) is 1. The first-order chi connectivity index (χ1) is 9.55. The van der Waals surface area contributed by atoms with Gasteiger partial charge in [-0.1, -0.05) is 19.1 Å². The van der Waals surface area contributed by atoms with Crippen LogP contribution in [0.25, 0.3) is 0 Å². The Labute approximate surface area is 124 Å². The van der Waals surface area contributed by atoms with E-state index in [1.807, 2.05) is 18.4 Å². The van der Waals surface area contributed by atoms with E-state index in [9.17, 15) is 8.42 Å². The minimum atomic E-state index is -3.52. The highest BCUT2D eigenvalue weighted by Gasteiger charge is 2.13. The SMILES string of the molecule is CCc1ccc(NS(=O)(=O)c2ccc(SC)cc2)cc1. The van der Waals surface area contributed by atoms with Gasteiger partial charge in [-0.15, -0.1) is 11.8 Å². The van der Waals surface area contributed by atoms with Crippen molar-refractivity contribution in [3.05, 3.63) is 54.1 Å². The Morgan fingerprint density at radius 1 is 1.00 bits per heavy atom. The smallest absolute Gasteiger partial charge is 0.261 e. The second-order valence-electron chi connectivity index (χ2n) is 4.33. The molecule has 0 saturated heterocycles. The van der Waals surface area contributed by atoms with Gasteiger partial charge in [-0.25, -0.2) is 8.42 Å². The number of thioether (sulfide) groups is 1. The van der Waals surface area contributed by atoms with E-state index < -0.39 is 10.0 Å². The zero-order valence-electron chi connectivity index (χ0n) is 11.5. The van der Waals surface area contributed by atoms with Gasteiger partial charge in [-0.05, 0) is 54.6 Å². The summed E-state index contributed by atoms with van der Waals surface area (Å²) in [6, 6.07) is 14.3. The first-order valence-electron chi connectivity index (χ1n) is 6.31. The van der Waals surface area contributed by atoms with Crippen LogP contribution in [0.15, 0.2) is 58.3 Å². The summed E-state index contributed by atoms with van der Waals surface area (Å²) in [5, 5.41) is 0. The van der Waals surface area contributed by atoms with Crippen LogP contribution < -0.4 is 4.72 Å². The maximum Gasteiger partial charge on any atom is 0.261 e. The molecule has 2 aromatic carbocycles. The zero-order chi connectivity index (χ0) is 14.6. The third-order valence-electron chi connectivity index (χ3n) is 2.98. The van der Waals surface area contributed by atoms with Gasteiger partial charge in [0.05, 0.1) is 4.90 Å². The topological polar surface area (TPSA) is 46.2 Å². The van der Waals surface area contributed by atoms with E-state index in [2.05, 4.69) is 11.6 Å². The molecular formula is C15H17NO2S2. The summed E-state index contributed by atoms with van der Waals surface area (Å²) < 4.78 is 27.1. The minimum Gasteiger partial charge on any atom is -0.280 e. The van der Waals surface area contributed by atoms with Crippen molar-refractivity contribution in [2.24, 2.45) is 0 Å². The van der Waals surface area contributed by atoms with Crippen molar-refractivity contribution in [1.29, 1.82) is 0 Å². The lowest BCUT2D eigenvalue weighted by molar-refractivity contribution is 0.601. The number of anilines is 1. The van der Waals surface area contributed by atoms with E-state index in [0.717, 1.165) is 11.3 Å². The van der Waals surface area contributed by atoms with Crippen LogP contribution in [0.3, 0.4) is 0 Å². The molecule has 20 heavy (non-hydrogen) atoms. The van der Waals surface area contributed by atoms with Gasteiger partial charge in [0, 0.05) is 10.6 Å². The molecule has 0 amide bonds. The Hall–Kier alpha value is -1.46. The van der Waals surface area contributed by atoms with Gasteiger partial charge in [-0.3, -0.25) is 4.72 Å². The van der Waals surface area contributed by atoms with Crippen LogP contribution in [0.2, 0.25) is 0 Å². The van der Waals surface area contributed by atoms with E-state index in [0.29, 0.717) is 5.69 Å². The number of sulfonamides is 1. The normalized spacial score (nSPS) is 11.3. The van der Waals surface area contributed by atoms with Crippen molar-refractivity contribution in [2.45, 2.75) is 23.1 Å². The number of benzene rings is 2. The molecule has 0 aliphatic heterocycles. The van der Waals surface area contributed by atoms with E-state index in [1.54, 1.807) is 48.2 Å². The Kier molecular flexibility index (Phi) is 4.73. The molecule has 0 spiro atoms. The molecule has 0 atom stereocenters. The van der Waals surface area contributed by atoms with Gasteiger partial charge < -0.3 is 0 Å². The monoisotopic (exact) mass is 307 g/mol. The Morgan fingerprint density at radius 2 is 1.60 bits per heavy atom. The molecule has 0 aromatic heterocycles. The number of hydrogen-bond acceptors (Lipinski definition) is 3. The molecule has 2 aromatic rings. The van der Waals surface area contributed by atoms with Crippen LogP contribution in [0.5, 0.6) is 0 Å². The first-order valence-corrected chi connectivity index (χ1v) is 9.02. The number of rotatable bonds is 5. The molecule has 106 valence electrons. The fraction of sp³-hybridized carbons (Fsp3) is 0.200. The van der Waals surface area contributed by atoms with E-state index in [1.165, 1.54) is 5.56 Å². The Bertz CT molecular complexity index is 662. The lowest BCUT2D eigenvalue weighted by atomic mass is 10.2. The maximum absolute atomic E-state index is 12.2. The van der Waals surface area contributed by atoms with Gasteiger partial charge in [0.1, 0.15) is 0 Å². The second-order valence-corrected chi connectivity index (χ2v) is 6.89. The largest absolute Gasteiger partial charge is 0.280 e. The molecule has 0 unspecified atom stereocenters. The van der Waals surface area contributed by atoms with Crippen LogP contribution >= 0.6 is 11.8 Å². The highest BCUT2D eigenvalue weighted by molar-refractivity contribution is 7.98. The van der Waals surface area contributed by atoms with E-state index in [4.69, 9.17) is 0 Å². The van der Waals surface area contributed by atoms with Crippen molar-refractivity contribution in [2.75, 3.05) is 11.0 Å². The molecular weight excluding hydrogens is 290 g/mol. The molecule has 0 aliphatic rings. The molecule has 2 rings (SSSR count). The number of hydrogen-bond donors (Lipinski definition) is 1. The molecule has 0 aliphatic carbocycles. The van der Waals surface area contributed by atoms with Crippen LogP contribution in [0.1, 0.15) is 12.5 Å². The minimum absolute atomic E-state index is 0.273. The lowest BCUT2D eigenvalue weighted by Gasteiger charge is -2.09. The third-order valence-corrected chi connectivity index (χ3v) is 5.12. The van der Waals surface area contributed by atoms with E-state index >= 15 is 0 Å². The summed E-state index contributed by atoms with van der Waals surface area (Å²) in [7, 11) is -3.52. The summed E-state index contributed by atoms with van der Waals surface area (Å²) in [5.74, 6) is 0. The molecule has 0 saturated carbocycles. The molecule has 1 N–H and O–H groups in total. The quantitative estimate of drug-likeness (QED) is 0.855. The van der Waals surface area contributed by atoms with Crippen molar-refractivity contribution >= 4 is 27.5 Å². The lowest BCUT2D eigenvalue weighted by Crippen LogP contribution is -2.12. The Balaban J connectivity index is 2.20. The predicted octanol–water partition coefficient (Wildman–Crippen LogP) is 3.77. The maximum atomic E-state index is 12.2. The summed E-state index contributed by atoms with van der Waals surface area (Å²) >= 11 is 1.58. The van der Waals surface area contributed by atoms with E-state index in [-0.39, 0.29) is 4.90 Å². The fourth-order valence-corrected chi connectivity index (χ4v) is 3.24. The predicted molar refractivity (Wildman–Crippen MR) is 84.9 cm³/mol. The van der Waals surface area contributed by atoms with Crippen LogP contribution in [0, 0.1) is 0 Å². The highest BCUT2D eigenvalue weighted by atomic mass is 32.2. The van der Waals surface area contributed by atoms with Crippen molar-refractivity contribution in [1.82, 2.24) is 0 Å². The first kappa shape index (κ1) is 14.9. The zero-order valence-corrected chi connectivity index (χ0v) is 13.1. The molecule has 0 radical (unpaired) electrons. The molecule has 0 heterocycles. The number of aryl methyl sites for hydroxylation is 1. The highest BCUT2D eigenvalue weighted by Crippen LogP contribution is 2.20. The average Bonchev–Trinajstić information content (AvgIpc) is 2.48. The van der Waals surface area contributed by atoms with Crippen molar-refractivity contribution < 1.29 is 8.42 Å². The Morgan fingerprint density at radius 3 is 2.10 bits per heavy atom. The summed E-state index contributed by atoms with van der Waals surface area (Å²) in [4.78, 5) is 1.31. The van der Waals surface area contributed by atoms with Gasteiger partial charge in [0.25, 0.3) is 10.0 Å². The van der Waals surface area contributed by atoms with Crippen molar-refractivity contribution in [3.8, 4) is 0 Å². The average molecular weight is 307 g/mol. The summed E-state index contributed by atoms with van der Waals surface area (Å²) in [5.41, 5.74) is 1.76. The summed E-state index contributed by atoms with van der Waals surface area (Å²) in [6.45, 7) is 2.06. The van der Waals surface area contributed by atoms with Crippen molar-refractivity contribution in [3.63, 3.8) is 0 Å². The second kappa shape index (κ2) is 6.33. The fourth-order valence-electron chi connectivity index (χ4n) is 1.78. The molecule has 0 fully saturated rings. The molecule has 5 heteroatoms. The summed E-state index contributed by atoms with van der Waals surface area (Å²) in [6.07, 6.45) is 2.89. The van der Waals surface area contributed by atoms with Gasteiger partial charge in [0.2, 0.25) is 0 Å². The molecule has 0 bridgehead atoms. The van der Waals surface area contributed by atoms with Crippen LogP contribution in [-0.4, -0.2) is 14.7 Å². The van der Waals surface area contributed by atoms with Crippen LogP contribution in [-0.2, 0) is 16.4 Å².